The van der Waals surface area contributed by atoms with E-state index in [4.69, 9.17) is 19.4 Å². The summed E-state index contributed by atoms with van der Waals surface area (Å²) in [5.41, 5.74) is 9.68. The molecular weight excluding hydrogens is 359 g/mol. The van der Waals surface area contributed by atoms with Crippen molar-refractivity contribution in [1.82, 2.24) is 5.06 Å². The summed E-state index contributed by atoms with van der Waals surface area (Å²) in [7, 11) is -3.62. The van der Waals surface area contributed by atoms with Gasteiger partial charge < -0.3 is 9.05 Å². The van der Waals surface area contributed by atoms with Gasteiger partial charge in [0.2, 0.25) is 5.91 Å². The Bertz CT molecular complexity index is 641. The average Bonchev–Trinajstić information content (AvgIpc) is 2.61. The van der Waals surface area contributed by atoms with Crippen LogP contribution in [0, 0.1) is 0 Å². The van der Waals surface area contributed by atoms with Gasteiger partial charge in [0.25, 0.3) is 0 Å². The van der Waals surface area contributed by atoms with E-state index in [1.807, 2.05) is 30.3 Å². The molecule has 0 spiro atoms. The van der Waals surface area contributed by atoms with E-state index in [9.17, 15) is 9.36 Å². The minimum Gasteiger partial charge on any atom is -0.309 e. The topological polar surface area (TPSA) is 114 Å². The van der Waals surface area contributed by atoms with E-state index in [-0.39, 0.29) is 38.7 Å². The minimum absolute atomic E-state index is 0.0791. The van der Waals surface area contributed by atoms with E-state index in [2.05, 4.69) is 10.0 Å². The first-order valence-electron chi connectivity index (χ1n) is 8.34. The van der Waals surface area contributed by atoms with Crippen molar-refractivity contribution in [3.63, 3.8) is 0 Å². The number of amides is 1. The van der Waals surface area contributed by atoms with Crippen LogP contribution in [0.15, 0.2) is 35.4 Å². The van der Waals surface area contributed by atoms with Crippen molar-refractivity contribution >= 4 is 13.5 Å². The highest BCUT2D eigenvalue weighted by molar-refractivity contribution is 7.54. The van der Waals surface area contributed by atoms with Crippen LogP contribution < -0.4 is 0 Å². The summed E-state index contributed by atoms with van der Waals surface area (Å²) >= 11 is 0. The number of nitrogens with zero attached hydrogens (tertiary/aromatic N) is 4. The second kappa shape index (κ2) is 11.7. The zero-order valence-electron chi connectivity index (χ0n) is 15.3. The summed E-state index contributed by atoms with van der Waals surface area (Å²) in [6, 6.07) is 9.37. The van der Waals surface area contributed by atoms with Gasteiger partial charge in [-0.15, -0.1) is 0 Å². The SMILES string of the molecule is CCOP(=O)(OCC)C(CCN(OCc1ccccc1)C(C)=O)N=[N+]=[N-]. The lowest BCUT2D eigenvalue weighted by Gasteiger charge is -2.26. The van der Waals surface area contributed by atoms with Crippen molar-refractivity contribution in [2.45, 2.75) is 39.6 Å². The van der Waals surface area contributed by atoms with E-state index in [1.165, 1.54) is 6.92 Å². The predicted octanol–water partition coefficient (Wildman–Crippen LogP) is 4.26. The largest absolute Gasteiger partial charge is 0.339 e. The molecule has 1 aromatic carbocycles. The Morgan fingerprint density at radius 1 is 1.27 bits per heavy atom. The van der Waals surface area contributed by atoms with Crippen LogP contribution in [0.2, 0.25) is 0 Å². The third-order valence-corrected chi connectivity index (χ3v) is 5.67. The van der Waals surface area contributed by atoms with Crippen LogP contribution in [-0.4, -0.2) is 36.5 Å². The Labute approximate surface area is 153 Å². The molecule has 0 heterocycles. The molecule has 0 aliphatic carbocycles. The fourth-order valence-electron chi connectivity index (χ4n) is 2.18. The maximum atomic E-state index is 12.8. The lowest BCUT2D eigenvalue weighted by molar-refractivity contribution is -0.189. The van der Waals surface area contributed by atoms with Gasteiger partial charge in [0, 0.05) is 18.4 Å². The number of azide groups is 1. The maximum Gasteiger partial charge on any atom is 0.339 e. The van der Waals surface area contributed by atoms with Crippen molar-refractivity contribution in [2.75, 3.05) is 19.8 Å². The number of rotatable bonds is 12. The number of benzene rings is 1. The van der Waals surface area contributed by atoms with E-state index in [1.54, 1.807) is 13.8 Å². The van der Waals surface area contributed by atoms with Crippen LogP contribution in [0.25, 0.3) is 10.4 Å². The molecule has 0 fully saturated rings. The Kier molecular flexibility index (Phi) is 9.95. The molecule has 0 bridgehead atoms. The van der Waals surface area contributed by atoms with Gasteiger partial charge in [-0.25, -0.2) is 5.06 Å². The summed E-state index contributed by atoms with van der Waals surface area (Å²) in [6.07, 6.45) is 0.0791. The van der Waals surface area contributed by atoms with E-state index in [0.717, 1.165) is 10.6 Å². The standard InChI is InChI=1S/C16H25N4O5P/c1-4-24-26(22,25-5-2)16(18-19-17)11-12-20(14(3)21)23-13-15-9-7-6-8-10-15/h6-10,16H,4-5,11-13H2,1-3H3. The van der Waals surface area contributed by atoms with Crippen LogP contribution in [-0.2, 0) is 29.9 Å². The third-order valence-electron chi connectivity index (χ3n) is 3.34. The van der Waals surface area contributed by atoms with Gasteiger partial charge >= 0.3 is 7.60 Å². The number of carbonyl (C=O) groups excluding carboxylic acids is 1. The molecule has 1 amide bonds. The molecular formula is C16H25N4O5P. The fraction of sp³-hybridized carbons (Fsp3) is 0.562. The Hall–Kier alpha value is -1.89. The molecule has 144 valence electrons. The molecule has 26 heavy (non-hydrogen) atoms. The lowest BCUT2D eigenvalue weighted by Crippen LogP contribution is -2.31. The van der Waals surface area contributed by atoms with Gasteiger partial charge in [-0.05, 0) is 31.4 Å². The minimum atomic E-state index is -3.62. The summed E-state index contributed by atoms with van der Waals surface area (Å²) < 4.78 is 23.3. The summed E-state index contributed by atoms with van der Waals surface area (Å²) in [6.45, 7) is 5.29. The number of hydrogen-bond acceptors (Lipinski definition) is 6. The van der Waals surface area contributed by atoms with Gasteiger partial charge in [0.15, 0.2) is 0 Å². The Morgan fingerprint density at radius 2 is 1.88 bits per heavy atom. The first kappa shape index (κ1) is 22.2. The fourth-order valence-corrected chi connectivity index (χ4v) is 3.92. The molecule has 9 nitrogen and oxygen atoms in total. The first-order chi connectivity index (χ1) is 12.5. The van der Waals surface area contributed by atoms with Crippen LogP contribution in [0.1, 0.15) is 32.8 Å². The lowest BCUT2D eigenvalue weighted by atomic mass is 10.2. The molecule has 1 aromatic rings. The molecule has 0 saturated carbocycles. The van der Waals surface area contributed by atoms with E-state index >= 15 is 0 Å². The van der Waals surface area contributed by atoms with Crippen molar-refractivity contribution in [3.05, 3.63) is 46.3 Å². The molecule has 0 aliphatic rings. The van der Waals surface area contributed by atoms with Crippen molar-refractivity contribution in [3.8, 4) is 0 Å². The van der Waals surface area contributed by atoms with E-state index in [0.29, 0.717) is 0 Å². The van der Waals surface area contributed by atoms with Crippen LogP contribution in [0.4, 0.5) is 0 Å². The van der Waals surface area contributed by atoms with Gasteiger partial charge in [0.05, 0.1) is 13.2 Å². The second-order valence-electron chi connectivity index (χ2n) is 5.23. The highest BCUT2D eigenvalue weighted by atomic mass is 31.2. The summed E-state index contributed by atoms with van der Waals surface area (Å²) in [5, 5.41) is 4.70. The highest BCUT2D eigenvalue weighted by Crippen LogP contribution is 2.54. The smallest absolute Gasteiger partial charge is 0.309 e. The van der Waals surface area contributed by atoms with Crippen molar-refractivity contribution in [1.29, 1.82) is 0 Å². The second-order valence-corrected chi connectivity index (χ2v) is 7.42. The molecule has 1 atom stereocenters. The highest BCUT2D eigenvalue weighted by Gasteiger charge is 2.35. The monoisotopic (exact) mass is 384 g/mol. The molecule has 0 aliphatic heterocycles. The predicted molar refractivity (Wildman–Crippen MR) is 97.0 cm³/mol. The first-order valence-corrected chi connectivity index (χ1v) is 9.96. The summed E-state index contributed by atoms with van der Waals surface area (Å²) in [4.78, 5) is 20.1. The molecule has 1 rings (SSSR count). The number of hydrogen-bond donors (Lipinski definition) is 0. The quantitative estimate of drug-likeness (QED) is 0.176. The van der Waals surface area contributed by atoms with Crippen molar-refractivity contribution in [2.24, 2.45) is 5.11 Å². The zero-order chi connectivity index (χ0) is 19.4. The molecule has 1 unspecified atom stereocenters. The maximum absolute atomic E-state index is 12.8. The number of hydroxylamine groups is 2. The molecule has 10 heteroatoms. The van der Waals surface area contributed by atoms with E-state index < -0.39 is 13.4 Å². The molecule has 0 saturated heterocycles. The van der Waals surface area contributed by atoms with Crippen LogP contribution in [0.5, 0.6) is 0 Å². The van der Waals surface area contributed by atoms with Gasteiger partial charge in [0.1, 0.15) is 12.4 Å². The van der Waals surface area contributed by atoms with Gasteiger partial charge in [-0.2, -0.15) is 0 Å². The average molecular weight is 384 g/mol. The Morgan fingerprint density at radius 3 is 2.38 bits per heavy atom. The Balaban J connectivity index is 2.77. The van der Waals surface area contributed by atoms with Crippen molar-refractivity contribution < 1.29 is 23.2 Å². The summed E-state index contributed by atoms with van der Waals surface area (Å²) in [5.74, 6) is -1.36. The normalized spacial score (nSPS) is 12.3. The molecule has 0 N–H and O–H groups in total. The van der Waals surface area contributed by atoms with Gasteiger partial charge in [-0.3, -0.25) is 14.2 Å². The van der Waals surface area contributed by atoms with Crippen LogP contribution in [0.3, 0.4) is 0 Å². The van der Waals surface area contributed by atoms with Crippen LogP contribution >= 0.6 is 7.60 Å². The third kappa shape index (κ3) is 7.15. The number of carbonyl (C=O) groups is 1. The molecule has 0 radical (unpaired) electrons. The molecule has 0 aromatic heterocycles. The zero-order valence-corrected chi connectivity index (χ0v) is 16.2. The van der Waals surface area contributed by atoms with Gasteiger partial charge in [-0.1, -0.05) is 35.4 Å².